The van der Waals surface area contributed by atoms with Gasteiger partial charge in [0, 0.05) is 44.3 Å². The minimum Gasteiger partial charge on any atom is -0.464 e. The summed E-state index contributed by atoms with van der Waals surface area (Å²) in [6.45, 7) is 1.99. The predicted molar refractivity (Wildman–Crippen MR) is 112 cm³/mol. The minimum atomic E-state index is -3.95. The Morgan fingerprint density at radius 2 is 1.66 bits per heavy atom. The fraction of sp³-hybridized carbons (Fsp3) is 0.353. The van der Waals surface area contributed by atoms with Gasteiger partial charge in [-0.3, -0.25) is 9.13 Å². The van der Waals surface area contributed by atoms with Crippen molar-refractivity contribution in [2.45, 2.75) is 6.92 Å². The minimum absolute atomic E-state index is 0.00567. The van der Waals surface area contributed by atoms with Crippen LogP contribution in [-0.4, -0.2) is 40.0 Å². The van der Waals surface area contributed by atoms with Crippen molar-refractivity contribution in [3.05, 3.63) is 40.2 Å². The highest BCUT2D eigenvalue weighted by Crippen LogP contribution is 2.65. The van der Waals surface area contributed by atoms with Crippen molar-refractivity contribution in [1.82, 2.24) is 4.98 Å². The Balaban J connectivity index is 2.75. The molecule has 0 spiro atoms. The van der Waals surface area contributed by atoms with Crippen molar-refractivity contribution in [2.75, 3.05) is 35.0 Å². The second-order valence-corrected chi connectivity index (χ2v) is 10.6. The van der Waals surface area contributed by atoms with E-state index < -0.39 is 15.2 Å². The Kier molecular flexibility index (Phi) is 8.43. The van der Waals surface area contributed by atoms with Crippen LogP contribution in [0.5, 0.6) is 5.95 Å². The van der Waals surface area contributed by atoms with Crippen LogP contribution in [0.4, 0.5) is 0 Å². The lowest BCUT2D eigenvalue weighted by molar-refractivity contribution is 0.258. The monoisotopic (exact) mass is 509 g/mol. The number of nitrogens with zero attached hydrogens (tertiary/aromatic N) is 1. The van der Waals surface area contributed by atoms with E-state index in [1.54, 1.807) is 19.1 Å². The number of rotatable bonds is 10. The number of ether oxygens (including phenoxy) is 1. The van der Waals surface area contributed by atoms with Crippen LogP contribution in [0.25, 0.3) is 16.8 Å². The molecule has 9 nitrogen and oxygen atoms in total. The van der Waals surface area contributed by atoms with Gasteiger partial charge < -0.3 is 27.2 Å². The van der Waals surface area contributed by atoms with Crippen LogP contribution < -0.4 is 4.74 Å². The fourth-order valence-corrected chi connectivity index (χ4v) is 5.25. The normalized spacial score (nSPS) is 13.0. The van der Waals surface area contributed by atoms with Gasteiger partial charge in [0.1, 0.15) is 5.31 Å². The summed E-state index contributed by atoms with van der Waals surface area (Å²) in [5, 5.41) is -0.162. The van der Waals surface area contributed by atoms with Crippen molar-refractivity contribution in [3.8, 4) is 17.4 Å². The number of hydrogen-bond acceptors (Lipinski definition) is 9. The largest absolute Gasteiger partial charge is 0.464 e. The molecule has 0 atom stereocenters. The van der Waals surface area contributed by atoms with E-state index in [2.05, 4.69) is 20.9 Å². The first-order valence-corrected chi connectivity index (χ1v) is 12.3. The lowest BCUT2D eigenvalue weighted by Crippen LogP contribution is -1.99. The zero-order chi connectivity index (χ0) is 21.7. The lowest BCUT2D eigenvalue weighted by atomic mass is 10.2. The molecule has 0 aliphatic heterocycles. The number of benzene rings is 1. The number of halogens is 1. The van der Waals surface area contributed by atoms with Gasteiger partial charge in [0.15, 0.2) is 5.69 Å². The molecule has 0 unspecified atom stereocenters. The molecule has 0 radical (unpaired) electrons. The Bertz CT molecular complexity index is 941. The molecule has 0 aliphatic carbocycles. The maximum Gasteiger partial charge on any atom is 0.363 e. The maximum absolute atomic E-state index is 13.2. The molecule has 0 N–H and O–H groups in total. The van der Waals surface area contributed by atoms with Gasteiger partial charge in [-0.2, -0.15) is 0 Å². The highest BCUT2D eigenvalue weighted by atomic mass is 79.9. The van der Waals surface area contributed by atoms with E-state index in [1.165, 1.54) is 28.4 Å². The molecule has 2 aromatic rings. The third-order valence-electron chi connectivity index (χ3n) is 3.77. The lowest BCUT2D eigenvalue weighted by Gasteiger charge is -2.18. The molecule has 160 valence electrons. The average Bonchev–Trinajstić information content (AvgIpc) is 3.15. The SMILES string of the molecule is CCOc1oc(-c2ccc(Br)cc2)nc1/C(=C/P(=O)(OC)OC)P(=O)(OC)OC. The highest BCUT2D eigenvalue weighted by molar-refractivity contribution is 9.10. The van der Waals surface area contributed by atoms with Crippen molar-refractivity contribution >= 4 is 36.4 Å². The second kappa shape index (κ2) is 10.2. The topological polar surface area (TPSA) is 106 Å². The zero-order valence-corrected chi connectivity index (χ0v) is 20.0. The summed E-state index contributed by atoms with van der Waals surface area (Å²) in [7, 11) is -2.94. The molecule has 1 aromatic carbocycles. The van der Waals surface area contributed by atoms with Crippen LogP contribution in [0.1, 0.15) is 12.6 Å². The van der Waals surface area contributed by atoms with Crippen molar-refractivity contribution in [3.63, 3.8) is 0 Å². The summed E-state index contributed by atoms with van der Waals surface area (Å²) in [5.74, 6) is 1.20. The molecule has 0 amide bonds. The molecule has 0 bridgehead atoms. The first-order chi connectivity index (χ1) is 13.8. The van der Waals surface area contributed by atoms with Crippen LogP contribution in [0.3, 0.4) is 0 Å². The average molecular weight is 510 g/mol. The van der Waals surface area contributed by atoms with E-state index in [9.17, 15) is 9.13 Å². The Hall–Kier alpha value is -1.25. The molecule has 1 aromatic heterocycles. The highest BCUT2D eigenvalue weighted by Gasteiger charge is 2.38. The van der Waals surface area contributed by atoms with Crippen molar-refractivity contribution < 1.29 is 36.4 Å². The van der Waals surface area contributed by atoms with Gasteiger partial charge in [0.2, 0.25) is 5.89 Å². The van der Waals surface area contributed by atoms with E-state index >= 15 is 0 Å². The molecule has 0 saturated heterocycles. The summed E-state index contributed by atoms with van der Waals surface area (Å²) >= 11 is 3.37. The van der Waals surface area contributed by atoms with Gasteiger partial charge >= 0.3 is 21.1 Å². The van der Waals surface area contributed by atoms with E-state index in [-0.39, 0.29) is 29.5 Å². The first kappa shape index (κ1) is 24.0. The Labute approximate surface area is 177 Å². The smallest absolute Gasteiger partial charge is 0.363 e. The molecule has 0 saturated carbocycles. The van der Waals surface area contributed by atoms with Crippen LogP contribution in [0.15, 0.2) is 39.0 Å². The van der Waals surface area contributed by atoms with Gasteiger partial charge in [-0.25, -0.2) is 4.98 Å². The summed E-state index contributed by atoms with van der Waals surface area (Å²) in [6, 6.07) is 7.19. The van der Waals surface area contributed by atoms with Crippen LogP contribution in [-0.2, 0) is 27.2 Å². The van der Waals surface area contributed by atoms with Gasteiger partial charge in [-0.05, 0) is 31.2 Å². The number of hydrogen-bond donors (Lipinski definition) is 0. The molecule has 12 heteroatoms. The summed E-state index contributed by atoms with van der Waals surface area (Å²) in [6.07, 6.45) is 0. The third-order valence-corrected chi connectivity index (χ3v) is 7.99. The van der Waals surface area contributed by atoms with Crippen molar-refractivity contribution in [2.24, 2.45) is 0 Å². The molecule has 29 heavy (non-hydrogen) atoms. The van der Waals surface area contributed by atoms with Gasteiger partial charge in [-0.1, -0.05) is 15.9 Å². The van der Waals surface area contributed by atoms with Gasteiger partial charge in [0.05, 0.1) is 6.61 Å². The molecule has 2 rings (SSSR count). The summed E-state index contributed by atoms with van der Waals surface area (Å²) in [5.41, 5.74) is 0.650. The maximum atomic E-state index is 13.2. The van der Waals surface area contributed by atoms with E-state index in [0.29, 0.717) is 5.56 Å². The van der Waals surface area contributed by atoms with Crippen LogP contribution in [0.2, 0.25) is 0 Å². The van der Waals surface area contributed by atoms with Crippen LogP contribution in [0, 0.1) is 0 Å². The molecular formula is C17H22BrNO8P2. The zero-order valence-electron chi connectivity index (χ0n) is 16.6. The Morgan fingerprint density at radius 1 is 1.07 bits per heavy atom. The first-order valence-electron chi connectivity index (χ1n) is 8.31. The van der Waals surface area contributed by atoms with Crippen LogP contribution >= 0.6 is 31.1 Å². The van der Waals surface area contributed by atoms with Crippen molar-refractivity contribution in [1.29, 1.82) is 0 Å². The fourth-order valence-electron chi connectivity index (χ4n) is 2.28. The Morgan fingerprint density at radius 3 is 2.14 bits per heavy atom. The predicted octanol–water partition coefficient (Wildman–Crippen LogP) is 5.77. The van der Waals surface area contributed by atoms with Gasteiger partial charge in [-0.15, -0.1) is 0 Å². The molecule has 0 fully saturated rings. The molecule has 1 heterocycles. The van der Waals surface area contributed by atoms with Gasteiger partial charge in [0.25, 0.3) is 0 Å². The summed E-state index contributed by atoms with van der Waals surface area (Å²) in [4.78, 5) is 4.40. The van der Waals surface area contributed by atoms with E-state index in [1.807, 2.05) is 12.1 Å². The summed E-state index contributed by atoms with van der Waals surface area (Å²) < 4.78 is 58.2. The number of aromatic nitrogens is 1. The number of oxazole rings is 1. The van der Waals surface area contributed by atoms with E-state index in [0.717, 1.165) is 10.3 Å². The quantitative estimate of drug-likeness (QED) is 0.368. The molecule has 0 aliphatic rings. The second-order valence-electron chi connectivity index (χ2n) is 5.38. The third kappa shape index (κ3) is 5.47. The van der Waals surface area contributed by atoms with E-state index in [4.69, 9.17) is 27.2 Å². The molecular weight excluding hydrogens is 488 g/mol. The standard InChI is InChI=1S/C17H22BrNO8P2/c1-6-26-17-15(19-16(27-17)12-7-9-13(18)10-8-12)14(29(21,24-4)25-5)11-28(20,22-2)23-3/h7-11H,6H2,1-5H3/b14-11-.